The van der Waals surface area contributed by atoms with Gasteiger partial charge in [0.15, 0.2) is 0 Å². The van der Waals surface area contributed by atoms with Crippen molar-refractivity contribution in [2.75, 3.05) is 32.1 Å². The molecule has 3 nitrogen and oxygen atoms in total. The van der Waals surface area contributed by atoms with E-state index in [-0.39, 0.29) is 24.1 Å². The Morgan fingerprint density at radius 3 is 2.47 bits per heavy atom. The Kier molecular flexibility index (Phi) is 3.58. The van der Waals surface area contributed by atoms with Gasteiger partial charge < -0.3 is 9.80 Å². The van der Waals surface area contributed by atoms with E-state index in [4.69, 9.17) is 0 Å². The fourth-order valence-corrected chi connectivity index (χ4v) is 3.26. The van der Waals surface area contributed by atoms with Crippen molar-refractivity contribution in [3.63, 3.8) is 0 Å². The van der Waals surface area contributed by atoms with Crippen LogP contribution in [0.5, 0.6) is 0 Å². The summed E-state index contributed by atoms with van der Waals surface area (Å²) in [4.78, 5) is 16.3. The number of carbonyl (C=O) groups is 1. The highest BCUT2D eigenvalue weighted by molar-refractivity contribution is 6.08. The molecule has 1 aromatic carbocycles. The molecular formula is C14H18ClFN2O. The molecule has 0 aliphatic carbocycles. The van der Waals surface area contributed by atoms with Gasteiger partial charge in [0.25, 0.3) is 0 Å². The number of halogens is 2. The molecule has 0 unspecified atom stereocenters. The molecule has 1 fully saturated rings. The Labute approximate surface area is 118 Å². The summed E-state index contributed by atoms with van der Waals surface area (Å²) in [5.74, 6) is -0.241. The normalized spacial score (nSPS) is 21.4. The monoisotopic (exact) mass is 284 g/mol. The van der Waals surface area contributed by atoms with Gasteiger partial charge in [-0.2, -0.15) is 0 Å². The van der Waals surface area contributed by atoms with E-state index in [1.54, 1.807) is 13.1 Å². The summed E-state index contributed by atoms with van der Waals surface area (Å²) >= 11 is 0. The molecule has 0 bridgehead atoms. The van der Waals surface area contributed by atoms with Crippen LogP contribution in [0.25, 0.3) is 0 Å². The van der Waals surface area contributed by atoms with Crippen molar-refractivity contribution in [3.8, 4) is 0 Å². The number of hydrogen-bond acceptors (Lipinski definition) is 2. The predicted octanol–water partition coefficient (Wildman–Crippen LogP) is 2.19. The molecule has 0 aromatic heterocycles. The molecule has 0 saturated carbocycles. The molecule has 2 aliphatic heterocycles. The van der Waals surface area contributed by atoms with Crippen molar-refractivity contribution in [2.45, 2.75) is 18.3 Å². The highest BCUT2D eigenvalue weighted by Crippen LogP contribution is 2.48. The molecule has 19 heavy (non-hydrogen) atoms. The van der Waals surface area contributed by atoms with Gasteiger partial charge in [0, 0.05) is 7.05 Å². The Morgan fingerprint density at radius 2 is 1.84 bits per heavy atom. The predicted molar refractivity (Wildman–Crippen MR) is 75.5 cm³/mol. The lowest BCUT2D eigenvalue weighted by Gasteiger charge is -2.36. The first-order valence-corrected chi connectivity index (χ1v) is 6.32. The zero-order valence-electron chi connectivity index (χ0n) is 11.1. The van der Waals surface area contributed by atoms with Crippen molar-refractivity contribution < 1.29 is 9.18 Å². The molecular weight excluding hydrogens is 267 g/mol. The molecule has 0 atom stereocenters. The average molecular weight is 285 g/mol. The van der Waals surface area contributed by atoms with Crippen molar-refractivity contribution in [1.29, 1.82) is 0 Å². The largest absolute Gasteiger partial charge is 0.312 e. The van der Waals surface area contributed by atoms with Crippen LogP contribution in [-0.2, 0) is 10.2 Å². The van der Waals surface area contributed by atoms with Crippen LogP contribution in [0.1, 0.15) is 18.4 Å². The number of carbonyl (C=O) groups excluding carboxylic acids is 1. The fraction of sp³-hybridized carbons (Fsp3) is 0.500. The number of likely N-dealkylation sites (N-methyl/N-ethyl adjacent to an activating group) is 1. The molecule has 2 aliphatic rings. The van der Waals surface area contributed by atoms with Crippen LogP contribution in [-0.4, -0.2) is 38.0 Å². The molecule has 104 valence electrons. The third-order valence-corrected chi connectivity index (χ3v) is 4.39. The van der Waals surface area contributed by atoms with E-state index in [1.807, 2.05) is 6.07 Å². The van der Waals surface area contributed by atoms with E-state index in [9.17, 15) is 9.18 Å². The third-order valence-electron chi connectivity index (χ3n) is 4.39. The Morgan fingerprint density at radius 1 is 1.21 bits per heavy atom. The first-order valence-electron chi connectivity index (χ1n) is 6.32. The summed E-state index contributed by atoms with van der Waals surface area (Å²) in [6.45, 7) is 1.77. The fourth-order valence-electron chi connectivity index (χ4n) is 3.26. The molecule has 0 N–H and O–H groups in total. The van der Waals surface area contributed by atoms with E-state index < -0.39 is 5.41 Å². The van der Waals surface area contributed by atoms with Gasteiger partial charge in [-0.25, -0.2) is 4.39 Å². The quantitative estimate of drug-likeness (QED) is 0.729. The molecule has 1 aromatic rings. The van der Waals surface area contributed by atoms with Gasteiger partial charge in [0.05, 0.1) is 11.1 Å². The number of nitrogens with zero attached hydrogens (tertiary/aromatic N) is 2. The summed E-state index contributed by atoms with van der Waals surface area (Å²) < 4.78 is 13.9. The molecule has 1 spiro atoms. The Hall–Kier alpha value is -1.13. The highest BCUT2D eigenvalue weighted by Gasteiger charge is 2.51. The number of piperidine rings is 1. The maximum atomic E-state index is 13.9. The maximum absolute atomic E-state index is 13.9. The number of rotatable bonds is 0. The molecule has 5 heteroatoms. The van der Waals surface area contributed by atoms with E-state index in [0.29, 0.717) is 5.69 Å². The average Bonchev–Trinajstić information content (AvgIpc) is 2.57. The van der Waals surface area contributed by atoms with Gasteiger partial charge in [-0.15, -0.1) is 12.4 Å². The van der Waals surface area contributed by atoms with E-state index >= 15 is 0 Å². The van der Waals surface area contributed by atoms with Crippen LogP contribution < -0.4 is 4.90 Å². The van der Waals surface area contributed by atoms with Crippen LogP contribution in [0, 0.1) is 5.82 Å². The number of likely N-dealkylation sites (tertiary alicyclic amines) is 1. The minimum Gasteiger partial charge on any atom is -0.312 e. The SMILES string of the molecule is CN1CCC2(CC1)C(=O)N(C)c1c(F)cccc12.Cl. The molecule has 1 amide bonds. The van der Waals surface area contributed by atoms with Crippen LogP contribution in [0.4, 0.5) is 10.1 Å². The Bertz CT molecular complexity index is 512. The van der Waals surface area contributed by atoms with Crippen molar-refractivity contribution >= 4 is 24.0 Å². The second-order valence-electron chi connectivity index (χ2n) is 5.39. The maximum Gasteiger partial charge on any atom is 0.237 e. The summed E-state index contributed by atoms with van der Waals surface area (Å²) in [6.07, 6.45) is 1.56. The second-order valence-corrected chi connectivity index (χ2v) is 5.39. The molecule has 0 radical (unpaired) electrons. The molecule has 1 saturated heterocycles. The number of anilines is 1. The van der Waals surface area contributed by atoms with Crippen LogP contribution in [0.15, 0.2) is 18.2 Å². The third kappa shape index (κ3) is 1.85. The first-order chi connectivity index (χ1) is 8.56. The topological polar surface area (TPSA) is 23.6 Å². The number of para-hydroxylation sites is 1. The summed E-state index contributed by atoms with van der Waals surface area (Å²) in [6, 6.07) is 5.04. The van der Waals surface area contributed by atoms with Crippen LogP contribution in [0.3, 0.4) is 0 Å². The van der Waals surface area contributed by atoms with Gasteiger partial charge in [0.2, 0.25) is 5.91 Å². The van der Waals surface area contributed by atoms with E-state index in [2.05, 4.69) is 11.9 Å². The number of amides is 1. The minimum atomic E-state index is -0.487. The summed E-state index contributed by atoms with van der Waals surface area (Å²) in [7, 11) is 3.74. The highest BCUT2D eigenvalue weighted by atomic mass is 35.5. The zero-order valence-corrected chi connectivity index (χ0v) is 12.0. The van der Waals surface area contributed by atoms with Gasteiger partial charge >= 0.3 is 0 Å². The standard InChI is InChI=1S/C14H17FN2O.ClH/c1-16-8-6-14(7-9-16)10-4-3-5-11(15)12(10)17(2)13(14)18;/h3-5H,6-9H2,1-2H3;1H. The zero-order chi connectivity index (χ0) is 12.9. The summed E-state index contributed by atoms with van der Waals surface area (Å²) in [5.41, 5.74) is 0.869. The number of benzene rings is 1. The van der Waals surface area contributed by atoms with Gasteiger partial charge in [-0.3, -0.25) is 4.79 Å². The van der Waals surface area contributed by atoms with Crippen LogP contribution in [0.2, 0.25) is 0 Å². The van der Waals surface area contributed by atoms with Gasteiger partial charge in [0.1, 0.15) is 5.82 Å². The number of hydrogen-bond donors (Lipinski definition) is 0. The first kappa shape index (κ1) is 14.3. The van der Waals surface area contributed by atoms with Crippen molar-refractivity contribution in [2.24, 2.45) is 0 Å². The smallest absolute Gasteiger partial charge is 0.237 e. The van der Waals surface area contributed by atoms with E-state index in [0.717, 1.165) is 31.5 Å². The second kappa shape index (κ2) is 4.76. The van der Waals surface area contributed by atoms with Gasteiger partial charge in [-0.05, 0) is 44.6 Å². The van der Waals surface area contributed by atoms with Crippen molar-refractivity contribution in [1.82, 2.24) is 4.90 Å². The van der Waals surface area contributed by atoms with E-state index in [1.165, 1.54) is 11.0 Å². The summed E-state index contributed by atoms with van der Waals surface area (Å²) in [5, 5.41) is 0. The Balaban J connectivity index is 0.00000133. The lowest BCUT2D eigenvalue weighted by molar-refractivity contribution is -0.124. The van der Waals surface area contributed by atoms with Crippen LogP contribution >= 0.6 is 12.4 Å². The molecule has 2 heterocycles. The lowest BCUT2D eigenvalue weighted by Crippen LogP contribution is -2.47. The molecule has 3 rings (SSSR count). The minimum absolute atomic E-state index is 0. The van der Waals surface area contributed by atoms with Gasteiger partial charge in [-0.1, -0.05) is 12.1 Å². The lowest BCUT2D eigenvalue weighted by atomic mass is 9.74. The van der Waals surface area contributed by atoms with Crippen molar-refractivity contribution in [3.05, 3.63) is 29.6 Å². The number of fused-ring (bicyclic) bond motifs is 2.